The Hall–Kier alpha value is -0.780. The highest BCUT2D eigenvalue weighted by molar-refractivity contribution is 7.79. The summed E-state index contributed by atoms with van der Waals surface area (Å²) in [6.45, 7) is 0.246. The molecule has 100 valence electrons. The van der Waals surface area contributed by atoms with Gasteiger partial charge in [-0.2, -0.15) is 0 Å². The first-order valence-corrected chi connectivity index (χ1v) is 7.47. The summed E-state index contributed by atoms with van der Waals surface area (Å²) >= 11 is -1.90. The van der Waals surface area contributed by atoms with Gasteiger partial charge in [0.1, 0.15) is 6.17 Å². The van der Waals surface area contributed by atoms with Crippen molar-refractivity contribution in [1.82, 2.24) is 5.32 Å². The zero-order chi connectivity index (χ0) is 13.0. The van der Waals surface area contributed by atoms with Gasteiger partial charge in [0.25, 0.3) is 0 Å². The maximum atomic E-state index is 13.5. The molecule has 0 saturated carbocycles. The third kappa shape index (κ3) is 3.60. The van der Waals surface area contributed by atoms with Crippen LogP contribution in [-0.2, 0) is 17.5 Å². The van der Waals surface area contributed by atoms with Crippen LogP contribution in [0, 0.1) is 0 Å². The van der Waals surface area contributed by atoms with Crippen molar-refractivity contribution < 1.29 is 13.2 Å². The summed E-state index contributed by atoms with van der Waals surface area (Å²) in [7, 11) is 0. The van der Waals surface area contributed by atoms with Crippen LogP contribution in [-0.4, -0.2) is 27.2 Å². The van der Waals surface area contributed by atoms with Crippen LogP contribution in [0.4, 0.5) is 4.39 Å². The second-order valence-corrected chi connectivity index (χ2v) is 5.66. The van der Waals surface area contributed by atoms with E-state index in [2.05, 4.69) is 17.4 Å². The normalized spacial score (nSPS) is 21.6. The predicted octanol–water partition coefficient (Wildman–Crippen LogP) is 2.21. The smallest absolute Gasteiger partial charge is 0.152 e. The van der Waals surface area contributed by atoms with E-state index in [1.165, 1.54) is 11.1 Å². The number of benzene rings is 1. The molecule has 1 aliphatic rings. The lowest BCUT2D eigenvalue weighted by molar-refractivity contribution is 0.298. The summed E-state index contributed by atoms with van der Waals surface area (Å²) in [6, 6.07) is 8.43. The lowest BCUT2D eigenvalue weighted by Crippen LogP contribution is -2.28. The van der Waals surface area contributed by atoms with Crippen LogP contribution in [0.1, 0.15) is 30.0 Å². The van der Waals surface area contributed by atoms with E-state index in [0.29, 0.717) is 0 Å². The molecule has 2 rings (SSSR count). The molecule has 1 aromatic carbocycles. The number of fused-ring (bicyclic) bond motifs is 1. The number of halogens is 1. The molecule has 18 heavy (non-hydrogen) atoms. The fourth-order valence-electron chi connectivity index (χ4n) is 2.37. The summed E-state index contributed by atoms with van der Waals surface area (Å²) in [5.74, 6) is 0.00407. The monoisotopic (exact) mass is 271 g/mol. The molecular weight excluding hydrogens is 253 g/mol. The molecule has 0 spiro atoms. The lowest BCUT2D eigenvalue weighted by atomic mass is 10.1. The minimum Gasteiger partial charge on any atom is -0.307 e. The van der Waals surface area contributed by atoms with Gasteiger partial charge >= 0.3 is 0 Å². The van der Waals surface area contributed by atoms with E-state index in [-0.39, 0.29) is 24.8 Å². The van der Waals surface area contributed by atoms with Gasteiger partial charge in [-0.05, 0) is 30.4 Å². The van der Waals surface area contributed by atoms with E-state index in [1.54, 1.807) is 0 Å². The average molecular weight is 271 g/mol. The van der Waals surface area contributed by atoms with Gasteiger partial charge in [0.15, 0.2) is 11.1 Å². The van der Waals surface area contributed by atoms with Gasteiger partial charge in [-0.25, -0.2) is 8.60 Å². The van der Waals surface area contributed by atoms with E-state index in [1.807, 2.05) is 12.1 Å². The molecule has 3 nitrogen and oxygen atoms in total. The maximum absolute atomic E-state index is 13.5. The van der Waals surface area contributed by atoms with Crippen molar-refractivity contribution in [2.24, 2.45) is 0 Å². The molecule has 0 aliphatic heterocycles. The third-order valence-electron chi connectivity index (χ3n) is 3.32. The van der Waals surface area contributed by atoms with Crippen molar-refractivity contribution in [1.29, 1.82) is 0 Å². The van der Waals surface area contributed by atoms with E-state index in [9.17, 15) is 8.60 Å². The number of rotatable bonds is 6. The Morgan fingerprint density at radius 2 is 2.28 bits per heavy atom. The minimum absolute atomic E-state index is 0.00407. The van der Waals surface area contributed by atoms with Crippen LogP contribution in [0.25, 0.3) is 0 Å². The Morgan fingerprint density at radius 1 is 1.50 bits per heavy atom. The summed E-state index contributed by atoms with van der Waals surface area (Å²) in [5.41, 5.74) is 2.59. The molecule has 0 amide bonds. The van der Waals surface area contributed by atoms with Crippen molar-refractivity contribution in [3.63, 3.8) is 0 Å². The molecular formula is C13H18FNO2S. The molecule has 3 atom stereocenters. The second-order valence-electron chi connectivity index (χ2n) is 4.61. The highest BCUT2D eigenvalue weighted by atomic mass is 32.2. The Balaban J connectivity index is 1.80. The Bertz CT molecular complexity index is 427. The van der Waals surface area contributed by atoms with E-state index >= 15 is 0 Å². The van der Waals surface area contributed by atoms with Gasteiger partial charge in [0.2, 0.25) is 0 Å². The van der Waals surface area contributed by atoms with Gasteiger partial charge in [0, 0.05) is 12.6 Å². The number of nitrogens with one attached hydrogen (secondary N) is 1. The average Bonchev–Trinajstić information content (AvgIpc) is 2.77. The SMILES string of the molecule is O=S(O)CCC(F)CNC1CCc2ccccc21. The molecule has 1 aliphatic carbocycles. The Kier molecular flexibility index (Phi) is 4.86. The zero-order valence-corrected chi connectivity index (χ0v) is 11.0. The quantitative estimate of drug-likeness (QED) is 0.780. The number of aryl methyl sites for hydroxylation is 1. The Labute approximate surface area is 109 Å². The highest BCUT2D eigenvalue weighted by Gasteiger charge is 2.22. The molecule has 0 radical (unpaired) electrons. The van der Waals surface area contributed by atoms with Crippen molar-refractivity contribution in [3.05, 3.63) is 35.4 Å². The van der Waals surface area contributed by atoms with Gasteiger partial charge in [-0.15, -0.1) is 0 Å². The van der Waals surface area contributed by atoms with Gasteiger partial charge in [0.05, 0.1) is 5.75 Å². The van der Waals surface area contributed by atoms with Crippen molar-refractivity contribution in [3.8, 4) is 0 Å². The fraction of sp³-hybridized carbons (Fsp3) is 0.538. The molecule has 3 unspecified atom stereocenters. The number of hydrogen-bond donors (Lipinski definition) is 2. The van der Waals surface area contributed by atoms with Crippen LogP contribution < -0.4 is 5.32 Å². The molecule has 0 fully saturated rings. The van der Waals surface area contributed by atoms with Gasteiger partial charge in [-0.1, -0.05) is 24.3 Å². The lowest BCUT2D eigenvalue weighted by Gasteiger charge is -2.15. The topological polar surface area (TPSA) is 49.3 Å². The molecule has 2 N–H and O–H groups in total. The summed E-state index contributed by atoms with van der Waals surface area (Å²) in [6.07, 6.45) is 1.10. The van der Waals surface area contributed by atoms with Gasteiger partial charge in [-0.3, -0.25) is 0 Å². The summed E-state index contributed by atoms with van der Waals surface area (Å²) in [5, 5.41) is 3.21. The molecule has 0 saturated heterocycles. The first-order chi connectivity index (χ1) is 8.66. The predicted molar refractivity (Wildman–Crippen MR) is 70.7 cm³/mol. The zero-order valence-electron chi connectivity index (χ0n) is 10.1. The van der Waals surface area contributed by atoms with Crippen molar-refractivity contribution >= 4 is 11.1 Å². The standard InChI is InChI=1S/C13H18FNO2S/c14-11(7-8-18(16)17)9-15-13-6-5-10-3-1-2-4-12(10)13/h1-4,11,13,15H,5-9H2,(H,16,17). The first kappa shape index (κ1) is 13.6. The number of alkyl halides is 1. The van der Waals surface area contributed by atoms with Crippen LogP contribution in [0.2, 0.25) is 0 Å². The Morgan fingerprint density at radius 3 is 3.06 bits per heavy atom. The molecule has 5 heteroatoms. The fourth-order valence-corrected chi connectivity index (χ4v) is 2.83. The van der Waals surface area contributed by atoms with Crippen molar-refractivity contribution in [2.45, 2.75) is 31.5 Å². The molecule has 0 aromatic heterocycles. The largest absolute Gasteiger partial charge is 0.307 e. The summed E-state index contributed by atoms with van der Waals surface area (Å²) in [4.78, 5) is 0. The van der Waals surface area contributed by atoms with E-state index in [0.717, 1.165) is 12.8 Å². The highest BCUT2D eigenvalue weighted by Crippen LogP contribution is 2.30. The maximum Gasteiger partial charge on any atom is 0.152 e. The van der Waals surface area contributed by atoms with E-state index < -0.39 is 17.3 Å². The summed E-state index contributed by atoms with van der Waals surface area (Å²) < 4.78 is 32.5. The molecule has 0 bridgehead atoms. The van der Waals surface area contributed by atoms with Crippen molar-refractivity contribution in [2.75, 3.05) is 12.3 Å². The van der Waals surface area contributed by atoms with Crippen LogP contribution in [0.3, 0.4) is 0 Å². The number of hydrogen-bond acceptors (Lipinski definition) is 2. The first-order valence-electron chi connectivity index (χ1n) is 6.19. The van der Waals surface area contributed by atoms with E-state index in [4.69, 9.17) is 4.55 Å². The van der Waals surface area contributed by atoms with Crippen LogP contribution in [0.15, 0.2) is 24.3 Å². The van der Waals surface area contributed by atoms with Crippen LogP contribution in [0.5, 0.6) is 0 Å². The molecule has 0 heterocycles. The third-order valence-corrected chi connectivity index (χ3v) is 3.91. The molecule has 1 aromatic rings. The van der Waals surface area contributed by atoms with Crippen LogP contribution >= 0.6 is 0 Å². The second kappa shape index (κ2) is 6.41. The minimum atomic E-state index is -1.90. The van der Waals surface area contributed by atoms with Gasteiger partial charge < -0.3 is 9.87 Å².